The van der Waals surface area contributed by atoms with Crippen LogP contribution in [0, 0.1) is 6.92 Å². The predicted octanol–water partition coefficient (Wildman–Crippen LogP) is 1.89. The summed E-state index contributed by atoms with van der Waals surface area (Å²) < 4.78 is 1.20. The highest BCUT2D eigenvalue weighted by atomic mass is 32.1. The molecule has 0 aliphatic carbocycles. The van der Waals surface area contributed by atoms with Crippen LogP contribution < -0.4 is 11.3 Å². The number of fused-ring (bicyclic) bond motifs is 1. The molecule has 0 atom stereocenters. The summed E-state index contributed by atoms with van der Waals surface area (Å²) in [6.45, 7) is 1.99. The quantitative estimate of drug-likeness (QED) is 0.519. The Morgan fingerprint density at radius 2 is 2.42 bits per heavy atom. The first-order chi connectivity index (χ1) is 5.81. The second-order valence-electron chi connectivity index (χ2n) is 2.60. The lowest BCUT2D eigenvalue weighted by Crippen LogP contribution is -2.09. The van der Waals surface area contributed by atoms with Gasteiger partial charge in [0.25, 0.3) is 0 Å². The monoisotopic (exact) mass is 179 g/mol. The molecule has 0 unspecified atom stereocenters. The van der Waals surface area contributed by atoms with Crippen molar-refractivity contribution in [2.45, 2.75) is 6.92 Å². The maximum atomic E-state index is 5.30. The molecule has 62 valence electrons. The Balaban J connectivity index is 2.73. The molecule has 4 heteroatoms. The van der Waals surface area contributed by atoms with Gasteiger partial charge in [-0.05, 0) is 30.0 Å². The number of aryl methyl sites for hydroxylation is 1. The fourth-order valence-electron chi connectivity index (χ4n) is 1.13. The number of rotatable bonds is 1. The number of hydrogen-bond donors (Lipinski definition) is 2. The summed E-state index contributed by atoms with van der Waals surface area (Å²) in [5.74, 6) is 6.05. The smallest absolute Gasteiger partial charge is 0.143 e. The molecule has 0 saturated carbocycles. The Morgan fingerprint density at radius 3 is 3.17 bits per heavy atom. The first-order valence-corrected chi connectivity index (χ1v) is 4.50. The number of pyridine rings is 1. The summed E-state index contributed by atoms with van der Waals surface area (Å²) in [5.41, 5.74) is 4.65. The van der Waals surface area contributed by atoms with Crippen LogP contribution in [0.4, 0.5) is 5.82 Å². The van der Waals surface area contributed by atoms with Crippen LogP contribution >= 0.6 is 11.3 Å². The fraction of sp³-hybridized carbons (Fsp3) is 0.125. The maximum Gasteiger partial charge on any atom is 0.143 e. The van der Waals surface area contributed by atoms with Crippen LogP contribution in [0.25, 0.3) is 10.2 Å². The van der Waals surface area contributed by atoms with Crippen molar-refractivity contribution in [3.05, 3.63) is 23.1 Å². The molecule has 0 aliphatic heterocycles. The summed E-state index contributed by atoms with van der Waals surface area (Å²) in [7, 11) is 0. The molecule has 2 heterocycles. The van der Waals surface area contributed by atoms with Crippen LogP contribution in [0.15, 0.2) is 17.5 Å². The predicted molar refractivity (Wildman–Crippen MR) is 52.2 cm³/mol. The molecule has 2 aromatic heterocycles. The molecule has 3 N–H and O–H groups in total. The Labute approximate surface area is 74.2 Å². The molecule has 12 heavy (non-hydrogen) atoms. The van der Waals surface area contributed by atoms with Gasteiger partial charge in [0.2, 0.25) is 0 Å². The summed E-state index contributed by atoms with van der Waals surface area (Å²) in [4.78, 5) is 4.33. The first-order valence-electron chi connectivity index (χ1n) is 3.63. The molecule has 3 nitrogen and oxygen atoms in total. The van der Waals surface area contributed by atoms with Gasteiger partial charge in [-0.25, -0.2) is 10.8 Å². The van der Waals surface area contributed by atoms with Gasteiger partial charge in [-0.2, -0.15) is 0 Å². The number of aromatic nitrogens is 1. The SMILES string of the molecule is Cc1cc2sccc2nc1NN. The van der Waals surface area contributed by atoms with E-state index in [0.29, 0.717) is 0 Å². The highest BCUT2D eigenvalue weighted by Crippen LogP contribution is 2.23. The van der Waals surface area contributed by atoms with E-state index >= 15 is 0 Å². The lowest BCUT2D eigenvalue weighted by atomic mass is 10.3. The first kappa shape index (κ1) is 7.52. The van der Waals surface area contributed by atoms with E-state index in [2.05, 4.69) is 16.5 Å². The molecule has 0 aromatic carbocycles. The maximum absolute atomic E-state index is 5.30. The minimum atomic E-state index is 0.751. The van der Waals surface area contributed by atoms with E-state index < -0.39 is 0 Å². The summed E-state index contributed by atoms with van der Waals surface area (Å²) in [6.07, 6.45) is 0. The van der Waals surface area contributed by atoms with Crippen LogP contribution in [0.2, 0.25) is 0 Å². The van der Waals surface area contributed by atoms with Gasteiger partial charge < -0.3 is 5.43 Å². The molecular formula is C8H9N3S. The Kier molecular flexibility index (Phi) is 1.71. The minimum Gasteiger partial charge on any atom is -0.308 e. The van der Waals surface area contributed by atoms with Crippen molar-refractivity contribution in [1.82, 2.24) is 4.98 Å². The molecule has 0 saturated heterocycles. The van der Waals surface area contributed by atoms with Gasteiger partial charge >= 0.3 is 0 Å². The van der Waals surface area contributed by atoms with Gasteiger partial charge in [-0.3, -0.25) is 0 Å². The van der Waals surface area contributed by atoms with Crippen molar-refractivity contribution in [3.8, 4) is 0 Å². The fourth-order valence-corrected chi connectivity index (χ4v) is 1.96. The normalized spacial score (nSPS) is 10.5. The topological polar surface area (TPSA) is 50.9 Å². The number of nitrogen functional groups attached to an aromatic ring is 1. The number of hydrazine groups is 1. The van der Waals surface area contributed by atoms with Crippen molar-refractivity contribution in [3.63, 3.8) is 0 Å². The average molecular weight is 179 g/mol. The van der Waals surface area contributed by atoms with E-state index in [9.17, 15) is 0 Å². The minimum absolute atomic E-state index is 0.751. The van der Waals surface area contributed by atoms with Crippen molar-refractivity contribution in [1.29, 1.82) is 0 Å². The van der Waals surface area contributed by atoms with Crippen molar-refractivity contribution in [2.24, 2.45) is 5.84 Å². The summed E-state index contributed by atoms with van der Waals surface area (Å²) in [6, 6.07) is 4.07. The second-order valence-corrected chi connectivity index (χ2v) is 3.55. The van der Waals surface area contributed by atoms with Gasteiger partial charge in [-0.1, -0.05) is 0 Å². The molecule has 0 radical (unpaired) electrons. The molecule has 0 amide bonds. The number of anilines is 1. The number of hydrogen-bond acceptors (Lipinski definition) is 4. The van der Waals surface area contributed by atoms with E-state index in [0.717, 1.165) is 16.9 Å². The molecule has 0 aliphatic rings. The van der Waals surface area contributed by atoms with E-state index in [1.807, 2.05) is 18.4 Å². The zero-order valence-corrected chi connectivity index (χ0v) is 7.48. The van der Waals surface area contributed by atoms with Crippen molar-refractivity contribution >= 4 is 27.4 Å². The average Bonchev–Trinajstić information content (AvgIpc) is 2.49. The highest BCUT2D eigenvalue weighted by molar-refractivity contribution is 7.17. The summed E-state index contributed by atoms with van der Waals surface area (Å²) in [5, 5.41) is 2.03. The third-order valence-corrected chi connectivity index (χ3v) is 2.62. The van der Waals surface area contributed by atoms with E-state index in [1.165, 1.54) is 4.70 Å². The van der Waals surface area contributed by atoms with Crippen LogP contribution in [0.3, 0.4) is 0 Å². The standard InChI is InChI=1S/C8H9N3S/c1-5-4-7-6(2-3-12-7)10-8(5)11-9/h2-4H,9H2,1H3,(H,10,11). The Hall–Kier alpha value is -1.13. The van der Waals surface area contributed by atoms with Gasteiger partial charge in [-0.15, -0.1) is 11.3 Å². The van der Waals surface area contributed by atoms with Crippen molar-refractivity contribution < 1.29 is 0 Å². The van der Waals surface area contributed by atoms with Gasteiger partial charge in [0.05, 0.1) is 10.2 Å². The van der Waals surface area contributed by atoms with E-state index in [-0.39, 0.29) is 0 Å². The number of thiophene rings is 1. The van der Waals surface area contributed by atoms with Gasteiger partial charge in [0, 0.05) is 0 Å². The molecule has 0 fully saturated rings. The van der Waals surface area contributed by atoms with Crippen LogP contribution in [0.5, 0.6) is 0 Å². The van der Waals surface area contributed by atoms with Crippen molar-refractivity contribution in [2.75, 3.05) is 5.43 Å². The highest BCUT2D eigenvalue weighted by Gasteiger charge is 2.01. The summed E-state index contributed by atoms with van der Waals surface area (Å²) >= 11 is 1.69. The Bertz CT molecular complexity index is 408. The second kappa shape index (κ2) is 2.73. The Morgan fingerprint density at radius 1 is 1.58 bits per heavy atom. The van der Waals surface area contributed by atoms with Gasteiger partial charge in [0.15, 0.2) is 0 Å². The van der Waals surface area contributed by atoms with Crippen LogP contribution in [0.1, 0.15) is 5.56 Å². The lowest BCUT2D eigenvalue weighted by molar-refractivity contribution is 1.23. The zero-order chi connectivity index (χ0) is 8.55. The number of nitrogens with two attached hydrogens (primary N) is 1. The zero-order valence-electron chi connectivity index (χ0n) is 6.66. The third-order valence-electron chi connectivity index (χ3n) is 1.76. The molecule has 0 spiro atoms. The molecule has 0 bridgehead atoms. The molecule has 2 aromatic rings. The third kappa shape index (κ3) is 1.05. The lowest BCUT2D eigenvalue weighted by Gasteiger charge is -2.02. The van der Waals surface area contributed by atoms with Gasteiger partial charge in [0.1, 0.15) is 5.82 Å². The van der Waals surface area contributed by atoms with Crippen LogP contribution in [-0.2, 0) is 0 Å². The molecular weight excluding hydrogens is 170 g/mol. The van der Waals surface area contributed by atoms with E-state index in [1.54, 1.807) is 11.3 Å². The molecule has 2 rings (SSSR count). The largest absolute Gasteiger partial charge is 0.308 e. The van der Waals surface area contributed by atoms with Crippen LogP contribution in [-0.4, -0.2) is 4.98 Å². The number of nitrogens with zero attached hydrogens (tertiary/aromatic N) is 1. The number of nitrogens with one attached hydrogen (secondary N) is 1. The van der Waals surface area contributed by atoms with E-state index in [4.69, 9.17) is 5.84 Å².